The number of sulfonamides is 1. The summed E-state index contributed by atoms with van der Waals surface area (Å²) in [5.74, 6) is 0.672. The Morgan fingerprint density at radius 1 is 1.20 bits per heavy atom. The molecule has 0 unspecified atom stereocenters. The molecule has 0 atom stereocenters. The predicted molar refractivity (Wildman–Crippen MR) is 98.4 cm³/mol. The Labute approximate surface area is 153 Å². The molecule has 6 nitrogen and oxygen atoms in total. The molecule has 1 saturated heterocycles. The minimum atomic E-state index is -3.66. The fourth-order valence-corrected chi connectivity index (χ4v) is 4.39. The summed E-state index contributed by atoms with van der Waals surface area (Å²) < 4.78 is 27.8. The molecule has 134 valence electrons. The monoisotopic (exact) mass is 380 g/mol. The van der Waals surface area contributed by atoms with E-state index >= 15 is 0 Å². The number of aryl methyl sites for hydroxylation is 1. The quantitative estimate of drug-likeness (QED) is 0.863. The fourth-order valence-electron chi connectivity index (χ4n) is 2.89. The second-order valence-electron chi connectivity index (χ2n) is 6.18. The third-order valence-corrected chi connectivity index (χ3v) is 6.19. The van der Waals surface area contributed by atoms with Gasteiger partial charge in [0.15, 0.2) is 0 Å². The van der Waals surface area contributed by atoms with E-state index in [4.69, 9.17) is 11.6 Å². The highest BCUT2D eigenvalue weighted by Crippen LogP contribution is 2.23. The fraction of sp³-hybridized carbons (Fsp3) is 0.412. The van der Waals surface area contributed by atoms with Gasteiger partial charge in [-0.1, -0.05) is 17.7 Å². The molecule has 1 aromatic carbocycles. The molecule has 0 saturated carbocycles. The van der Waals surface area contributed by atoms with Gasteiger partial charge in [-0.3, -0.25) is 0 Å². The van der Waals surface area contributed by atoms with Crippen molar-refractivity contribution in [3.05, 3.63) is 46.2 Å². The van der Waals surface area contributed by atoms with E-state index in [1.165, 1.54) is 0 Å². The maximum absolute atomic E-state index is 12.6. The Kier molecular flexibility index (Phi) is 5.27. The van der Waals surface area contributed by atoms with E-state index in [0.717, 1.165) is 31.6 Å². The van der Waals surface area contributed by atoms with Gasteiger partial charge in [-0.15, -0.1) is 0 Å². The zero-order valence-electron chi connectivity index (χ0n) is 14.3. The van der Waals surface area contributed by atoms with Crippen molar-refractivity contribution in [1.82, 2.24) is 14.7 Å². The number of anilines is 1. The van der Waals surface area contributed by atoms with E-state index < -0.39 is 10.0 Å². The number of benzene rings is 1. The van der Waals surface area contributed by atoms with Gasteiger partial charge in [-0.25, -0.2) is 23.1 Å². The highest BCUT2D eigenvalue weighted by Gasteiger charge is 2.19. The van der Waals surface area contributed by atoms with E-state index in [1.807, 2.05) is 6.92 Å². The summed E-state index contributed by atoms with van der Waals surface area (Å²) in [5, 5.41) is 0.428. The van der Waals surface area contributed by atoms with Gasteiger partial charge in [0.1, 0.15) is 0 Å². The summed E-state index contributed by atoms with van der Waals surface area (Å²) in [6.45, 7) is 5.57. The molecule has 2 heterocycles. The number of hydrogen-bond acceptors (Lipinski definition) is 5. The lowest BCUT2D eigenvalue weighted by Crippen LogP contribution is -2.26. The SMILES string of the molecule is Cc1cc(CNS(=O)(=O)c2cccc(Cl)c2C)nc(N2CCCC2)n1. The van der Waals surface area contributed by atoms with Crippen LogP contribution in [0.2, 0.25) is 5.02 Å². The van der Waals surface area contributed by atoms with Gasteiger partial charge < -0.3 is 4.90 Å². The molecule has 0 amide bonds. The third kappa shape index (κ3) is 4.11. The predicted octanol–water partition coefficient (Wildman–Crippen LogP) is 2.83. The van der Waals surface area contributed by atoms with Gasteiger partial charge in [-0.2, -0.15) is 0 Å². The molecule has 0 radical (unpaired) electrons. The molecule has 8 heteroatoms. The first-order valence-corrected chi connectivity index (χ1v) is 10.1. The zero-order chi connectivity index (χ0) is 18.0. The molecule has 1 aliphatic rings. The summed E-state index contributed by atoms with van der Waals surface area (Å²) in [7, 11) is -3.66. The molecule has 1 N–H and O–H groups in total. The Morgan fingerprint density at radius 3 is 2.64 bits per heavy atom. The third-order valence-electron chi connectivity index (χ3n) is 4.24. The highest BCUT2D eigenvalue weighted by atomic mass is 35.5. The Bertz CT molecular complexity index is 880. The zero-order valence-corrected chi connectivity index (χ0v) is 15.9. The summed E-state index contributed by atoms with van der Waals surface area (Å²) in [6.07, 6.45) is 2.26. The van der Waals surface area contributed by atoms with Crippen molar-refractivity contribution in [1.29, 1.82) is 0 Å². The maximum atomic E-state index is 12.6. The number of nitrogens with one attached hydrogen (secondary N) is 1. The van der Waals surface area contributed by atoms with Crippen LogP contribution >= 0.6 is 11.6 Å². The number of halogens is 1. The van der Waals surface area contributed by atoms with Crippen molar-refractivity contribution in [2.45, 2.75) is 38.1 Å². The van der Waals surface area contributed by atoms with Crippen LogP contribution in [0.5, 0.6) is 0 Å². The first-order chi connectivity index (χ1) is 11.9. The highest BCUT2D eigenvalue weighted by molar-refractivity contribution is 7.89. The van der Waals surface area contributed by atoms with Crippen LogP contribution in [0.1, 0.15) is 29.8 Å². The second-order valence-corrected chi connectivity index (χ2v) is 8.32. The standard InChI is InChI=1S/C17H21ClN4O2S/c1-12-10-14(21-17(20-12)22-8-3-4-9-22)11-19-25(23,24)16-7-5-6-15(18)13(16)2/h5-7,10,19H,3-4,8-9,11H2,1-2H3. The van der Waals surface area contributed by atoms with E-state index in [0.29, 0.717) is 22.2 Å². The first-order valence-electron chi connectivity index (χ1n) is 8.21. The van der Waals surface area contributed by atoms with E-state index in [2.05, 4.69) is 19.6 Å². The van der Waals surface area contributed by atoms with Crippen molar-refractivity contribution in [2.24, 2.45) is 0 Å². The Morgan fingerprint density at radius 2 is 1.92 bits per heavy atom. The molecule has 3 rings (SSSR count). The number of nitrogens with zero attached hydrogens (tertiary/aromatic N) is 3. The lowest BCUT2D eigenvalue weighted by atomic mass is 10.2. The molecular formula is C17H21ClN4O2S. The largest absolute Gasteiger partial charge is 0.341 e. The minimum absolute atomic E-state index is 0.110. The lowest BCUT2D eigenvalue weighted by molar-refractivity contribution is 0.579. The summed E-state index contributed by atoms with van der Waals surface area (Å²) in [4.78, 5) is 11.3. The topological polar surface area (TPSA) is 75.2 Å². The van der Waals surface area contributed by atoms with Crippen molar-refractivity contribution in [3.8, 4) is 0 Å². The van der Waals surface area contributed by atoms with Crippen LogP contribution in [0.4, 0.5) is 5.95 Å². The lowest BCUT2D eigenvalue weighted by Gasteiger charge is -2.17. The minimum Gasteiger partial charge on any atom is -0.341 e. The molecule has 0 bridgehead atoms. The molecule has 25 heavy (non-hydrogen) atoms. The van der Waals surface area contributed by atoms with Gasteiger partial charge >= 0.3 is 0 Å². The van der Waals surface area contributed by atoms with Gasteiger partial charge in [0, 0.05) is 23.8 Å². The van der Waals surface area contributed by atoms with Crippen LogP contribution in [-0.4, -0.2) is 31.5 Å². The van der Waals surface area contributed by atoms with Crippen LogP contribution in [0.3, 0.4) is 0 Å². The molecule has 1 fully saturated rings. The first kappa shape index (κ1) is 18.1. The Hall–Kier alpha value is -1.70. The van der Waals surface area contributed by atoms with Gasteiger partial charge in [0.05, 0.1) is 17.1 Å². The van der Waals surface area contributed by atoms with Crippen LogP contribution in [0, 0.1) is 13.8 Å². The van der Waals surface area contributed by atoms with Gasteiger partial charge in [0.25, 0.3) is 0 Å². The number of rotatable bonds is 5. The van der Waals surface area contributed by atoms with E-state index in [9.17, 15) is 8.42 Å². The van der Waals surface area contributed by atoms with Crippen LogP contribution in [0.25, 0.3) is 0 Å². The Balaban J connectivity index is 1.80. The van der Waals surface area contributed by atoms with Crippen LogP contribution < -0.4 is 9.62 Å². The molecule has 2 aromatic rings. The van der Waals surface area contributed by atoms with Crippen molar-refractivity contribution >= 4 is 27.6 Å². The van der Waals surface area contributed by atoms with E-state index in [1.54, 1.807) is 31.2 Å². The van der Waals surface area contributed by atoms with Crippen LogP contribution in [-0.2, 0) is 16.6 Å². The summed E-state index contributed by atoms with van der Waals surface area (Å²) in [5.41, 5.74) is 2.01. The maximum Gasteiger partial charge on any atom is 0.241 e. The molecule has 0 spiro atoms. The molecule has 1 aliphatic heterocycles. The number of hydrogen-bond donors (Lipinski definition) is 1. The van der Waals surface area contributed by atoms with Crippen molar-refractivity contribution in [2.75, 3.05) is 18.0 Å². The molecular weight excluding hydrogens is 360 g/mol. The summed E-state index contributed by atoms with van der Waals surface area (Å²) >= 11 is 6.03. The van der Waals surface area contributed by atoms with Gasteiger partial charge in [-0.05, 0) is 50.5 Å². The smallest absolute Gasteiger partial charge is 0.241 e. The molecule has 1 aromatic heterocycles. The average Bonchev–Trinajstić information content (AvgIpc) is 3.09. The number of aromatic nitrogens is 2. The molecule has 0 aliphatic carbocycles. The van der Waals surface area contributed by atoms with E-state index in [-0.39, 0.29) is 11.4 Å². The average molecular weight is 381 g/mol. The summed E-state index contributed by atoms with van der Waals surface area (Å²) in [6, 6.07) is 6.65. The van der Waals surface area contributed by atoms with Gasteiger partial charge in [0.2, 0.25) is 16.0 Å². The van der Waals surface area contributed by atoms with Crippen LogP contribution in [0.15, 0.2) is 29.2 Å². The van der Waals surface area contributed by atoms with Crippen molar-refractivity contribution < 1.29 is 8.42 Å². The van der Waals surface area contributed by atoms with Crippen molar-refractivity contribution in [3.63, 3.8) is 0 Å². The normalized spacial score (nSPS) is 14.9. The second kappa shape index (κ2) is 7.27.